The van der Waals surface area contributed by atoms with Crippen molar-refractivity contribution in [1.29, 1.82) is 0 Å². The molecule has 0 spiro atoms. The fraction of sp³-hybridized carbons (Fsp3) is 0.583. The number of anilines is 1. The fourth-order valence-electron chi connectivity index (χ4n) is 1.50. The number of hydrogen-bond donors (Lipinski definition) is 3. The summed E-state index contributed by atoms with van der Waals surface area (Å²) in [6.45, 7) is 5.44. The first-order valence-electron chi connectivity index (χ1n) is 6.49. The summed E-state index contributed by atoms with van der Waals surface area (Å²) in [6, 6.07) is 3.43. The number of rotatable bonds is 8. The quantitative estimate of drug-likeness (QED) is 0.364. The van der Waals surface area contributed by atoms with E-state index < -0.39 is 10.0 Å². The number of nitrogens with zero attached hydrogens (tertiary/aromatic N) is 2. The molecular formula is C12H23N5O2S. The summed E-state index contributed by atoms with van der Waals surface area (Å²) in [4.78, 5) is 6.18. The number of nitrogens with two attached hydrogens (primary N) is 1. The second kappa shape index (κ2) is 7.53. The van der Waals surface area contributed by atoms with E-state index in [4.69, 9.17) is 5.84 Å². The molecule has 0 bridgehead atoms. The number of nitrogens with one attached hydrogen (secondary N) is 2. The molecule has 0 aliphatic rings. The van der Waals surface area contributed by atoms with Crippen molar-refractivity contribution in [2.24, 2.45) is 5.84 Å². The molecule has 0 amide bonds. The van der Waals surface area contributed by atoms with Gasteiger partial charge in [0.1, 0.15) is 10.7 Å². The Labute approximate surface area is 120 Å². The molecule has 8 heteroatoms. The summed E-state index contributed by atoms with van der Waals surface area (Å²) in [5.74, 6) is 5.60. The molecular weight excluding hydrogens is 278 g/mol. The van der Waals surface area contributed by atoms with Crippen molar-refractivity contribution in [3.05, 3.63) is 18.3 Å². The third kappa shape index (κ3) is 5.04. The van der Waals surface area contributed by atoms with Crippen LogP contribution in [0.1, 0.15) is 20.3 Å². The molecule has 0 aromatic carbocycles. The monoisotopic (exact) mass is 301 g/mol. The first-order valence-corrected chi connectivity index (χ1v) is 7.97. The van der Waals surface area contributed by atoms with Gasteiger partial charge in [-0.25, -0.2) is 24.0 Å². The predicted octanol–water partition coefficient (Wildman–Crippen LogP) is 0.376. The minimum atomic E-state index is -3.50. The third-order valence-corrected chi connectivity index (χ3v) is 4.50. The molecule has 1 heterocycles. The highest BCUT2D eigenvalue weighted by atomic mass is 32.2. The summed E-state index contributed by atoms with van der Waals surface area (Å²) in [7, 11) is -1.49. The van der Waals surface area contributed by atoms with E-state index in [0.29, 0.717) is 18.4 Å². The van der Waals surface area contributed by atoms with Gasteiger partial charge >= 0.3 is 0 Å². The Morgan fingerprint density at radius 1 is 1.40 bits per heavy atom. The van der Waals surface area contributed by atoms with Gasteiger partial charge in [0.25, 0.3) is 0 Å². The average Bonchev–Trinajstić information content (AvgIpc) is 2.43. The van der Waals surface area contributed by atoms with Gasteiger partial charge in [-0.3, -0.25) is 0 Å². The second-order valence-electron chi connectivity index (χ2n) is 4.85. The average molecular weight is 301 g/mol. The van der Waals surface area contributed by atoms with Gasteiger partial charge in [0.2, 0.25) is 10.0 Å². The lowest BCUT2D eigenvalue weighted by molar-refractivity contribution is 0.271. The van der Waals surface area contributed by atoms with Gasteiger partial charge in [-0.15, -0.1) is 0 Å². The molecule has 0 aliphatic carbocycles. The number of hydrazine groups is 1. The van der Waals surface area contributed by atoms with E-state index >= 15 is 0 Å². The maximum Gasteiger partial charge on any atom is 0.242 e. The lowest BCUT2D eigenvalue weighted by Crippen LogP contribution is -2.31. The third-order valence-electron chi connectivity index (χ3n) is 3.06. The normalized spacial score (nSPS) is 12.1. The minimum absolute atomic E-state index is 0.133. The summed E-state index contributed by atoms with van der Waals surface area (Å²) >= 11 is 0. The molecule has 4 N–H and O–H groups in total. The zero-order valence-corrected chi connectivity index (χ0v) is 12.9. The Kier molecular flexibility index (Phi) is 6.34. The van der Waals surface area contributed by atoms with Crippen LogP contribution >= 0.6 is 0 Å². The van der Waals surface area contributed by atoms with Gasteiger partial charge in [-0.05, 0) is 46.0 Å². The highest BCUT2D eigenvalue weighted by molar-refractivity contribution is 7.89. The first-order chi connectivity index (χ1) is 9.36. The maximum atomic E-state index is 12.0. The molecule has 0 fully saturated rings. The molecule has 20 heavy (non-hydrogen) atoms. The second-order valence-corrected chi connectivity index (χ2v) is 6.62. The van der Waals surface area contributed by atoms with Gasteiger partial charge in [-0.2, -0.15) is 0 Å². The van der Waals surface area contributed by atoms with E-state index in [-0.39, 0.29) is 4.90 Å². The topological polar surface area (TPSA) is 100 Å². The zero-order chi connectivity index (χ0) is 15.2. The number of pyridine rings is 1. The number of hydrogen-bond acceptors (Lipinski definition) is 6. The van der Waals surface area contributed by atoms with Gasteiger partial charge in [0.05, 0.1) is 0 Å². The molecule has 0 saturated carbocycles. The lowest BCUT2D eigenvalue weighted by Gasteiger charge is -2.20. The number of nitrogen functional groups attached to an aromatic ring is 1. The van der Waals surface area contributed by atoms with Gasteiger partial charge in [0.15, 0.2) is 0 Å². The van der Waals surface area contributed by atoms with Crippen molar-refractivity contribution in [3.63, 3.8) is 0 Å². The van der Waals surface area contributed by atoms with Gasteiger partial charge in [0, 0.05) is 18.8 Å². The molecule has 0 saturated heterocycles. The molecule has 0 atom stereocenters. The van der Waals surface area contributed by atoms with Gasteiger partial charge < -0.3 is 10.3 Å². The Morgan fingerprint density at radius 3 is 2.60 bits per heavy atom. The van der Waals surface area contributed by atoms with E-state index in [2.05, 4.69) is 33.9 Å². The van der Waals surface area contributed by atoms with Crippen LogP contribution < -0.4 is 16.0 Å². The summed E-state index contributed by atoms with van der Waals surface area (Å²) < 4.78 is 26.5. The minimum Gasteiger partial charge on any atom is -0.308 e. The molecule has 1 rings (SSSR count). The maximum absolute atomic E-state index is 12.0. The Balaban J connectivity index is 2.49. The van der Waals surface area contributed by atoms with Crippen molar-refractivity contribution in [3.8, 4) is 0 Å². The van der Waals surface area contributed by atoms with Crippen molar-refractivity contribution >= 4 is 15.8 Å². The molecule has 0 aliphatic heterocycles. The van der Waals surface area contributed by atoms with E-state index in [1.54, 1.807) is 0 Å². The van der Waals surface area contributed by atoms with Crippen molar-refractivity contribution in [1.82, 2.24) is 14.6 Å². The first kappa shape index (κ1) is 16.8. The standard InChI is InChI=1S/C12H23N5O2S/c1-10(2)17(3)8-4-7-15-20(18,19)11-5-6-12(16-13)14-9-11/h5-6,9-10,15H,4,7-8,13H2,1-3H3,(H,14,16). The van der Waals surface area contributed by atoms with E-state index in [1.165, 1.54) is 18.3 Å². The Bertz CT molecular complexity index is 501. The van der Waals surface area contributed by atoms with Gasteiger partial charge in [-0.1, -0.05) is 0 Å². The summed E-state index contributed by atoms with van der Waals surface area (Å²) in [5.41, 5.74) is 2.35. The van der Waals surface area contributed by atoms with Crippen LogP contribution in [-0.4, -0.2) is 44.5 Å². The van der Waals surface area contributed by atoms with E-state index in [1.807, 2.05) is 7.05 Å². The van der Waals surface area contributed by atoms with E-state index in [0.717, 1.165) is 13.0 Å². The van der Waals surface area contributed by atoms with Crippen LogP contribution in [0.2, 0.25) is 0 Å². The van der Waals surface area contributed by atoms with Crippen LogP contribution in [0.5, 0.6) is 0 Å². The highest BCUT2D eigenvalue weighted by Gasteiger charge is 2.13. The van der Waals surface area contributed by atoms with Crippen LogP contribution in [0, 0.1) is 0 Å². The fourth-order valence-corrected chi connectivity index (χ4v) is 2.52. The summed E-state index contributed by atoms with van der Waals surface area (Å²) in [6.07, 6.45) is 2.03. The van der Waals surface area contributed by atoms with Crippen LogP contribution in [-0.2, 0) is 10.0 Å². The van der Waals surface area contributed by atoms with Crippen LogP contribution in [0.3, 0.4) is 0 Å². The number of sulfonamides is 1. The Hall–Kier alpha value is -1.22. The molecule has 7 nitrogen and oxygen atoms in total. The molecule has 0 radical (unpaired) electrons. The Morgan fingerprint density at radius 2 is 2.10 bits per heavy atom. The lowest BCUT2D eigenvalue weighted by atomic mass is 10.3. The smallest absolute Gasteiger partial charge is 0.242 e. The zero-order valence-electron chi connectivity index (χ0n) is 12.1. The van der Waals surface area contributed by atoms with Crippen LogP contribution in [0.4, 0.5) is 5.82 Å². The van der Waals surface area contributed by atoms with E-state index in [9.17, 15) is 8.42 Å². The highest BCUT2D eigenvalue weighted by Crippen LogP contribution is 2.09. The van der Waals surface area contributed by atoms with Crippen molar-refractivity contribution in [2.45, 2.75) is 31.2 Å². The molecule has 1 aromatic heterocycles. The van der Waals surface area contributed by atoms with Crippen LogP contribution in [0.25, 0.3) is 0 Å². The van der Waals surface area contributed by atoms with Crippen molar-refractivity contribution in [2.75, 3.05) is 25.6 Å². The molecule has 114 valence electrons. The van der Waals surface area contributed by atoms with Crippen molar-refractivity contribution < 1.29 is 8.42 Å². The summed E-state index contributed by atoms with van der Waals surface area (Å²) in [5, 5.41) is 0. The predicted molar refractivity (Wildman–Crippen MR) is 79.6 cm³/mol. The number of aromatic nitrogens is 1. The molecule has 1 aromatic rings. The van der Waals surface area contributed by atoms with Crippen LogP contribution in [0.15, 0.2) is 23.2 Å². The largest absolute Gasteiger partial charge is 0.308 e. The molecule has 0 unspecified atom stereocenters. The SMILES string of the molecule is CC(C)N(C)CCCNS(=O)(=O)c1ccc(NN)nc1.